The zero-order valence-electron chi connectivity index (χ0n) is 9.45. The lowest BCUT2D eigenvalue weighted by Crippen LogP contribution is -2.04. The molecule has 0 saturated heterocycles. The van der Waals surface area contributed by atoms with Crippen LogP contribution in [0.3, 0.4) is 0 Å². The van der Waals surface area contributed by atoms with Crippen molar-refractivity contribution in [2.45, 2.75) is 9.79 Å². The van der Waals surface area contributed by atoms with Gasteiger partial charge in [-0.1, -0.05) is 0 Å². The maximum absolute atomic E-state index is 12.3. The molecule has 2 aromatic rings. The molecule has 19 heavy (non-hydrogen) atoms. The van der Waals surface area contributed by atoms with Crippen molar-refractivity contribution >= 4 is 31.7 Å². The summed E-state index contributed by atoms with van der Waals surface area (Å²) in [6.07, 6.45) is 2.72. The van der Waals surface area contributed by atoms with E-state index < -0.39 is 15.8 Å². The fourth-order valence-electron chi connectivity index (χ4n) is 1.45. The summed E-state index contributed by atoms with van der Waals surface area (Å²) < 4.78 is 25.1. The van der Waals surface area contributed by atoms with Gasteiger partial charge in [-0.15, -0.1) is 0 Å². The van der Waals surface area contributed by atoms with Crippen LogP contribution in [-0.2, 0) is 9.84 Å². The van der Waals surface area contributed by atoms with E-state index in [1.807, 2.05) is 0 Å². The van der Waals surface area contributed by atoms with E-state index in [-0.39, 0.29) is 15.4 Å². The number of carboxylic acids is 1. The zero-order valence-corrected chi connectivity index (χ0v) is 11.8. The Kier molecular flexibility index (Phi) is 3.68. The number of carboxylic acid groups (broad SMARTS) is 1. The summed E-state index contributed by atoms with van der Waals surface area (Å²) in [7, 11) is -3.69. The monoisotopic (exact) mass is 341 g/mol. The predicted octanol–water partition coefficient (Wildman–Crippen LogP) is 2.38. The van der Waals surface area contributed by atoms with E-state index in [2.05, 4.69) is 20.9 Å². The third-order valence-corrected chi connectivity index (χ3v) is 4.57. The molecule has 0 fully saturated rings. The van der Waals surface area contributed by atoms with Gasteiger partial charge in [0.05, 0.1) is 15.4 Å². The molecule has 0 bridgehead atoms. The summed E-state index contributed by atoms with van der Waals surface area (Å²) in [4.78, 5) is 14.6. The van der Waals surface area contributed by atoms with E-state index in [9.17, 15) is 13.2 Å². The van der Waals surface area contributed by atoms with Gasteiger partial charge in [0, 0.05) is 16.9 Å². The van der Waals surface area contributed by atoms with Crippen molar-refractivity contribution in [2.24, 2.45) is 0 Å². The van der Waals surface area contributed by atoms with Gasteiger partial charge < -0.3 is 5.11 Å². The number of sulfone groups is 1. The van der Waals surface area contributed by atoms with E-state index in [4.69, 9.17) is 5.11 Å². The summed E-state index contributed by atoms with van der Waals surface area (Å²) in [5, 5.41) is 8.77. The lowest BCUT2D eigenvalue weighted by Gasteiger charge is -2.05. The van der Waals surface area contributed by atoms with E-state index in [0.29, 0.717) is 4.47 Å². The van der Waals surface area contributed by atoms with Crippen LogP contribution in [0.15, 0.2) is 57.0 Å². The summed E-state index contributed by atoms with van der Waals surface area (Å²) in [6, 6.07) is 6.47. The average molecular weight is 342 g/mol. The Hall–Kier alpha value is -1.73. The molecule has 0 saturated carbocycles. The van der Waals surface area contributed by atoms with Gasteiger partial charge >= 0.3 is 5.97 Å². The second-order valence-corrected chi connectivity index (χ2v) is 6.54. The fourth-order valence-corrected chi connectivity index (χ4v) is 3.22. The molecule has 1 N–H and O–H groups in total. The molecule has 0 spiro atoms. The number of nitrogens with zero attached hydrogens (tertiary/aromatic N) is 1. The molecule has 1 aromatic carbocycles. The summed E-state index contributed by atoms with van der Waals surface area (Å²) in [5.41, 5.74) is 0.0336. The van der Waals surface area contributed by atoms with Crippen molar-refractivity contribution in [3.05, 3.63) is 52.8 Å². The average Bonchev–Trinajstić information content (AvgIpc) is 2.39. The second kappa shape index (κ2) is 5.10. The van der Waals surface area contributed by atoms with E-state index in [1.54, 1.807) is 0 Å². The van der Waals surface area contributed by atoms with Crippen LogP contribution in [0.4, 0.5) is 0 Å². The lowest BCUT2D eigenvalue weighted by atomic mass is 10.2. The van der Waals surface area contributed by atoms with Crippen LogP contribution in [0.25, 0.3) is 0 Å². The number of halogens is 1. The Balaban J connectivity index is 2.48. The van der Waals surface area contributed by atoms with Crippen LogP contribution in [0, 0.1) is 0 Å². The van der Waals surface area contributed by atoms with Crippen molar-refractivity contribution in [3.63, 3.8) is 0 Å². The summed E-state index contributed by atoms with van der Waals surface area (Å²) >= 11 is 3.15. The quantitative estimate of drug-likeness (QED) is 0.926. The highest BCUT2D eigenvalue weighted by Gasteiger charge is 2.18. The topological polar surface area (TPSA) is 84.3 Å². The summed E-state index contributed by atoms with van der Waals surface area (Å²) in [6.45, 7) is 0. The van der Waals surface area contributed by atoms with Crippen LogP contribution >= 0.6 is 15.9 Å². The Morgan fingerprint density at radius 1 is 1.11 bits per heavy atom. The maximum atomic E-state index is 12.3. The Bertz CT molecular complexity index is 726. The van der Waals surface area contributed by atoms with Crippen LogP contribution < -0.4 is 0 Å². The van der Waals surface area contributed by atoms with Gasteiger partial charge in [0.2, 0.25) is 9.84 Å². The molecule has 1 aromatic heterocycles. The zero-order chi connectivity index (χ0) is 14.0. The normalized spacial score (nSPS) is 11.2. The molecule has 0 amide bonds. The SMILES string of the molecule is O=C(O)c1ccc(S(=O)(=O)c2cncc(Br)c2)cc1. The first-order chi connectivity index (χ1) is 8.91. The van der Waals surface area contributed by atoms with Crippen LogP contribution in [-0.4, -0.2) is 24.5 Å². The second-order valence-electron chi connectivity index (χ2n) is 3.67. The van der Waals surface area contributed by atoms with Gasteiger partial charge in [0.15, 0.2) is 0 Å². The van der Waals surface area contributed by atoms with E-state index in [1.165, 1.54) is 42.7 Å². The minimum absolute atomic E-state index is 0.0254. The van der Waals surface area contributed by atoms with Gasteiger partial charge in [0.1, 0.15) is 0 Å². The highest BCUT2D eigenvalue weighted by molar-refractivity contribution is 9.10. The minimum Gasteiger partial charge on any atom is -0.478 e. The molecular weight excluding hydrogens is 334 g/mol. The van der Waals surface area contributed by atoms with Gasteiger partial charge in [-0.05, 0) is 46.3 Å². The largest absolute Gasteiger partial charge is 0.478 e. The molecule has 0 radical (unpaired) electrons. The van der Waals surface area contributed by atoms with Gasteiger partial charge in [-0.25, -0.2) is 13.2 Å². The highest BCUT2D eigenvalue weighted by Crippen LogP contribution is 2.22. The van der Waals surface area contributed by atoms with E-state index >= 15 is 0 Å². The Morgan fingerprint density at radius 3 is 2.26 bits per heavy atom. The molecule has 1 heterocycles. The Labute approximate surface area is 118 Å². The van der Waals surface area contributed by atoms with Crippen molar-refractivity contribution in [2.75, 3.05) is 0 Å². The number of rotatable bonds is 3. The van der Waals surface area contributed by atoms with Crippen molar-refractivity contribution < 1.29 is 18.3 Å². The molecule has 0 aliphatic heterocycles. The number of aromatic nitrogens is 1. The highest BCUT2D eigenvalue weighted by atomic mass is 79.9. The molecular formula is C12H8BrNO4S. The molecule has 0 atom stereocenters. The number of hydrogen-bond acceptors (Lipinski definition) is 4. The molecule has 0 aliphatic rings. The number of carbonyl (C=O) groups is 1. The molecule has 0 unspecified atom stereocenters. The molecule has 5 nitrogen and oxygen atoms in total. The van der Waals surface area contributed by atoms with E-state index in [0.717, 1.165) is 0 Å². The first-order valence-corrected chi connectivity index (χ1v) is 7.38. The molecule has 0 aliphatic carbocycles. The number of pyridine rings is 1. The van der Waals surface area contributed by atoms with Crippen LogP contribution in [0.1, 0.15) is 10.4 Å². The first-order valence-electron chi connectivity index (χ1n) is 5.10. The molecule has 7 heteroatoms. The maximum Gasteiger partial charge on any atom is 0.335 e. The predicted molar refractivity (Wildman–Crippen MR) is 70.8 cm³/mol. The van der Waals surface area contributed by atoms with Crippen molar-refractivity contribution in [1.29, 1.82) is 0 Å². The standard InChI is InChI=1S/C12H8BrNO4S/c13-9-5-11(7-14-6-9)19(17,18)10-3-1-8(2-4-10)12(15)16/h1-7H,(H,15,16). The van der Waals surface area contributed by atoms with Gasteiger partial charge in [-0.3, -0.25) is 4.98 Å². The van der Waals surface area contributed by atoms with Crippen molar-refractivity contribution in [1.82, 2.24) is 4.98 Å². The van der Waals surface area contributed by atoms with Gasteiger partial charge in [-0.2, -0.15) is 0 Å². The van der Waals surface area contributed by atoms with Crippen LogP contribution in [0.5, 0.6) is 0 Å². The third kappa shape index (κ3) is 2.82. The number of benzene rings is 1. The number of hydrogen-bond donors (Lipinski definition) is 1. The van der Waals surface area contributed by atoms with Crippen LogP contribution in [0.2, 0.25) is 0 Å². The van der Waals surface area contributed by atoms with Crippen molar-refractivity contribution in [3.8, 4) is 0 Å². The molecule has 2 rings (SSSR count). The van der Waals surface area contributed by atoms with Gasteiger partial charge in [0.25, 0.3) is 0 Å². The lowest BCUT2D eigenvalue weighted by molar-refractivity contribution is 0.0697. The summed E-state index contributed by atoms with van der Waals surface area (Å²) in [5.74, 6) is -1.10. The first kappa shape index (κ1) is 13.7. The smallest absolute Gasteiger partial charge is 0.335 e. The third-order valence-electron chi connectivity index (χ3n) is 2.40. The minimum atomic E-state index is -3.69. The Morgan fingerprint density at radius 2 is 1.74 bits per heavy atom. The molecule has 98 valence electrons. The number of aromatic carboxylic acids is 1. The fraction of sp³-hybridized carbons (Fsp3) is 0.